The van der Waals surface area contributed by atoms with Crippen LogP contribution in [0.4, 0.5) is 18.0 Å². The van der Waals surface area contributed by atoms with E-state index in [9.17, 15) is 18.0 Å². The number of amides is 1. The topological polar surface area (TPSA) is 76.6 Å². The van der Waals surface area contributed by atoms with Gasteiger partial charge in [-0.3, -0.25) is 0 Å². The number of hydrogen-bond donors (Lipinski definition) is 4. The molecule has 0 radical (unpaired) electrons. The Labute approximate surface area is 102 Å². The summed E-state index contributed by atoms with van der Waals surface area (Å²) in [4.78, 5) is 10.7. The number of nitrogens with one attached hydrogen (secondary N) is 3. The predicted octanol–water partition coefficient (Wildman–Crippen LogP) is 1.37. The molecule has 0 aromatic carbocycles. The Balaban J connectivity index is 2.64. The number of hydrazine groups is 3. The van der Waals surface area contributed by atoms with Crippen LogP contribution < -0.4 is 16.4 Å². The van der Waals surface area contributed by atoms with Gasteiger partial charge in [-0.25, -0.2) is 15.6 Å². The van der Waals surface area contributed by atoms with E-state index < -0.39 is 24.4 Å². The average Bonchev–Trinajstić information content (AvgIpc) is 2.27. The van der Waals surface area contributed by atoms with Gasteiger partial charge in [0.1, 0.15) is 6.04 Å². The SMILES string of the molecule is CCCCCC1NN(C(=O)O)NNC1C(F)(F)F. The quantitative estimate of drug-likeness (QED) is 0.581. The van der Waals surface area contributed by atoms with Gasteiger partial charge in [-0.2, -0.15) is 18.3 Å². The van der Waals surface area contributed by atoms with E-state index in [-0.39, 0.29) is 6.42 Å². The molecule has 1 saturated heterocycles. The Morgan fingerprint density at radius 2 is 2.06 bits per heavy atom. The Morgan fingerprint density at radius 1 is 1.39 bits per heavy atom. The van der Waals surface area contributed by atoms with Crippen molar-refractivity contribution in [2.24, 2.45) is 0 Å². The molecule has 1 aliphatic heterocycles. The molecule has 1 aliphatic rings. The van der Waals surface area contributed by atoms with Gasteiger partial charge in [-0.1, -0.05) is 26.2 Å². The second kappa shape index (κ2) is 6.21. The van der Waals surface area contributed by atoms with Crippen molar-refractivity contribution in [2.75, 3.05) is 0 Å². The van der Waals surface area contributed by atoms with Gasteiger partial charge in [0.15, 0.2) is 0 Å². The largest absolute Gasteiger partial charge is 0.463 e. The highest BCUT2D eigenvalue weighted by Crippen LogP contribution is 2.25. The van der Waals surface area contributed by atoms with Crippen LogP contribution in [0.15, 0.2) is 0 Å². The Bertz CT molecular complexity index is 287. The van der Waals surface area contributed by atoms with Crippen LogP contribution in [-0.2, 0) is 0 Å². The molecular weight excluding hydrogens is 253 g/mol. The molecule has 1 heterocycles. The summed E-state index contributed by atoms with van der Waals surface area (Å²) in [6.45, 7) is 1.94. The second-order valence-electron chi connectivity index (χ2n) is 4.12. The van der Waals surface area contributed by atoms with E-state index in [1.807, 2.05) is 17.9 Å². The molecular formula is C9H17F3N4O2. The van der Waals surface area contributed by atoms with E-state index in [0.29, 0.717) is 11.5 Å². The van der Waals surface area contributed by atoms with Gasteiger partial charge in [0.05, 0.1) is 6.04 Å². The van der Waals surface area contributed by atoms with Crippen molar-refractivity contribution in [1.82, 2.24) is 21.5 Å². The van der Waals surface area contributed by atoms with Gasteiger partial charge in [0, 0.05) is 0 Å². The molecule has 106 valence electrons. The fourth-order valence-corrected chi connectivity index (χ4v) is 1.77. The minimum Gasteiger partial charge on any atom is -0.463 e. The van der Waals surface area contributed by atoms with Crippen LogP contribution >= 0.6 is 0 Å². The Hall–Kier alpha value is -1.06. The minimum atomic E-state index is -4.44. The van der Waals surface area contributed by atoms with Gasteiger partial charge in [-0.05, 0) is 6.42 Å². The van der Waals surface area contributed by atoms with Gasteiger partial charge >= 0.3 is 12.3 Å². The highest BCUT2D eigenvalue weighted by molar-refractivity contribution is 5.63. The predicted molar refractivity (Wildman–Crippen MR) is 57.0 cm³/mol. The molecule has 0 aromatic heterocycles. The van der Waals surface area contributed by atoms with Crippen LogP contribution in [0.3, 0.4) is 0 Å². The number of carbonyl (C=O) groups is 1. The molecule has 18 heavy (non-hydrogen) atoms. The molecule has 0 aromatic rings. The summed E-state index contributed by atoms with van der Waals surface area (Å²) in [5.41, 5.74) is 6.23. The van der Waals surface area contributed by atoms with E-state index in [1.165, 1.54) is 0 Å². The monoisotopic (exact) mass is 270 g/mol. The van der Waals surface area contributed by atoms with Crippen molar-refractivity contribution < 1.29 is 23.1 Å². The number of halogens is 3. The van der Waals surface area contributed by atoms with Crippen molar-refractivity contribution in [3.05, 3.63) is 0 Å². The summed E-state index contributed by atoms with van der Waals surface area (Å²) in [6, 6.07) is -2.82. The lowest BCUT2D eigenvalue weighted by atomic mass is 10.0. The van der Waals surface area contributed by atoms with Gasteiger partial charge in [0.25, 0.3) is 0 Å². The van der Waals surface area contributed by atoms with Crippen LogP contribution in [0.5, 0.6) is 0 Å². The molecule has 1 rings (SSSR count). The zero-order valence-electron chi connectivity index (χ0n) is 9.92. The molecule has 0 spiro atoms. The van der Waals surface area contributed by atoms with Crippen molar-refractivity contribution in [1.29, 1.82) is 0 Å². The first-order chi connectivity index (χ1) is 8.36. The lowest BCUT2D eigenvalue weighted by molar-refractivity contribution is -0.186. The molecule has 1 amide bonds. The summed E-state index contributed by atoms with van der Waals surface area (Å²) in [6.07, 6.45) is -3.29. The average molecular weight is 270 g/mol. The van der Waals surface area contributed by atoms with Crippen molar-refractivity contribution in [2.45, 2.75) is 50.9 Å². The van der Waals surface area contributed by atoms with E-state index in [1.54, 1.807) is 0 Å². The smallest absolute Gasteiger partial charge is 0.438 e. The number of unbranched alkanes of at least 4 members (excludes halogenated alkanes) is 2. The number of carboxylic acid groups (broad SMARTS) is 1. The Morgan fingerprint density at radius 3 is 2.56 bits per heavy atom. The molecule has 4 N–H and O–H groups in total. The maximum atomic E-state index is 12.7. The normalized spacial score (nSPS) is 25.2. The maximum Gasteiger partial charge on any atom is 0.438 e. The maximum absolute atomic E-state index is 12.7. The molecule has 2 unspecified atom stereocenters. The minimum absolute atomic E-state index is 0.247. The molecule has 0 saturated carbocycles. The summed E-state index contributed by atoms with van der Waals surface area (Å²) >= 11 is 0. The fraction of sp³-hybridized carbons (Fsp3) is 0.889. The van der Waals surface area contributed by atoms with E-state index in [2.05, 4.69) is 5.43 Å². The third-order valence-corrected chi connectivity index (χ3v) is 2.69. The lowest BCUT2D eigenvalue weighted by Crippen LogP contribution is -2.74. The first kappa shape index (κ1) is 15.0. The highest BCUT2D eigenvalue weighted by Gasteiger charge is 2.47. The van der Waals surface area contributed by atoms with Gasteiger partial charge < -0.3 is 5.11 Å². The molecule has 0 bridgehead atoms. The molecule has 9 heteroatoms. The first-order valence-electron chi connectivity index (χ1n) is 5.73. The van der Waals surface area contributed by atoms with E-state index in [0.717, 1.165) is 12.8 Å². The van der Waals surface area contributed by atoms with Gasteiger partial charge in [0.2, 0.25) is 0 Å². The van der Waals surface area contributed by atoms with E-state index >= 15 is 0 Å². The van der Waals surface area contributed by atoms with Crippen LogP contribution in [0, 0.1) is 0 Å². The summed E-state index contributed by atoms with van der Waals surface area (Å²) in [7, 11) is 0. The fourth-order valence-electron chi connectivity index (χ4n) is 1.77. The summed E-state index contributed by atoms with van der Waals surface area (Å²) < 4.78 is 38.2. The van der Waals surface area contributed by atoms with Crippen LogP contribution in [-0.4, -0.2) is 34.6 Å². The van der Waals surface area contributed by atoms with Crippen molar-refractivity contribution in [3.63, 3.8) is 0 Å². The number of nitrogens with zero attached hydrogens (tertiary/aromatic N) is 1. The summed E-state index contributed by atoms with van der Waals surface area (Å²) in [5, 5.41) is 9.20. The highest BCUT2D eigenvalue weighted by atomic mass is 19.4. The van der Waals surface area contributed by atoms with Crippen LogP contribution in [0.1, 0.15) is 32.6 Å². The molecule has 1 fully saturated rings. The van der Waals surface area contributed by atoms with Crippen LogP contribution in [0.25, 0.3) is 0 Å². The third kappa shape index (κ3) is 4.00. The molecule has 6 nitrogen and oxygen atoms in total. The first-order valence-corrected chi connectivity index (χ1v) is 5.73. The standard InChI is InChI=1S/C9H17F3N4O2/c1-2-3-4-5-6-7(9(10,11)12)13-15-16(14-6)8(17)18/h6-7,13-15H,2-5H2,1H3,(H,17,18). The van der Waals surface area contributed by atoms with E-state index in [4.69, 9.17) is 5.11 Å². The van der Waals surface area contributed by atoms with Crippen LogP contribution in [0.2, 0.25) is 0 Å². The van der Waals surface area contributed by atoms with Crippen molar-refractivity contribution >= 4 is 6.09 Å². The zero-order chi connectivity index (χ0) is 13.8. The van der Waals surface area contributed by atoms with Gasteiger partial charge in [-0.15, -0.1) is 5.53 Å². The summed E-state index contributed by atoms with van der Waals surface area (Å²) in [5.74, 6) is 0. The zero-order valence-corrected chi connectivity index (χ0v) is 9.92. The second-order valence-corrected chi connectivity index (χ2v) is 4.12. The third-order valence-electron chi connectivity index (χ3n) is 2.69. The number of alkyl halides is 3. The number of hydrogen-bond acceptors (Lipinski definition) is 4. The molecule has 2 atom stereocenters. The Kier molecular flexibility index (Phi) is 5.17. The van der Waals surface area contributed by atoms with Crippen molar-refractivity contribution in [3.8, 4) is 0 Å². The lowest BCUT2D eigenvalue weighted by Gasteiger charge is -2.39. The number of rotatable bonds is 4. The molecule has 0 aliphatic carbocycles.